The maximum absolute atomic E-state index is 12.2. The Balaban J connectivity index is 1.85. The molecule has 0 bridgehead atoms. The van der Waals surface area contributed by atoms with E-state index in [-0.39, 0.29) is 12.4 Å². The summed E-state index contributed by atoms with van der Waals surface area (Å²) in [4.78, 5) is 29.9. The predicted octanol–water partition coefficient (Wildman–Crippen LogP) is 0.0301. The molecular formula is C16H23N7O3. The summed E-state index contributed by atoms with van der Waals surface area (Å²) in [5.41, 5.74) is 14.6. The number of aromatic nitrogens is 1. The molecule has 1 aromatic carbocycles. The molecule has 0 saturated heterocycles. The summed E-state index contributed by atoms with van der Waals surface area (Å²) >= 11 is 0. The first-order chi connectivity index (χ1) is 12.5. The Morgan fingerprint density at radius 3 is 2.85 bits per heavy atom. The number of nitrogens with zero attached hydrogens (tertiary/aromatic N) is 2. The maximum atomic E-state index is 12.2. The molecular weight excluding hydrogens is 338 g/mol. The van der Waals surface area contributed by atoms with E-state index in [2.05, 4.69) is 15.3 Å². The van der Waals surface area contributed by atoms with Crippen molar-refractivity contribution in [2.24, 2.45) is 16.5 Å². The normalized spacial score (nSPS) is 11.7. The van der Waals surface area contributed by atoms with E-state index in [1.807, 2.05) is 35.9 Å². The van der Waals surface area contributed by atoms with E-state index >= 15 is 0 Å². The Bertz CT molecular complexity index is 783. The topological polar surface area (TPSA) is 164 Å². The highest BCUT2D eigenvalue weighted by molar-refractivity contribution is 5.83. The number of amides is 1. The van der Waals surface area contributed by atoms with Crippen LogP contribution in [0.3, 0.4) is 0 Å². The molecule has 0 saturated carbocycles. The van der Waals surface area contributed by atoms with Gasteiger partial charge in [-0.25, -0.2) is 10.1 Å². The first kappa shape index (κ1) is 19.0. The van der Waals surface area contributed by atoms with Crippen molar-refractivity contribution >= 4 is 22.8 Å². The number of H-pyrrole nitrogens is 1. The second kappa shape index (κ2) is 9.25. The van der Waals surface area contributed by atoms with E-state index < -0.39 is 17.0 Å². The number of nitrogens with one attached hydrogen (secondary N) is 3. The number of hydrogen-bond donors (Lipinski definition) is 5. The summed E-state index contributed by atoms with van der Waals surface area (Å²) in [7, 11) is 0. The van der Waals surface area contributed by atoms with Crippen molar-refractivity contribution in [1.29, 1.82) is 0 Å². The van der Waals surface area contributed by atoms with Crippen molar-refractivity contribution in [2.45, 2.75) is 25.3 Å². The molecule has 0 spiro atoms. The second-order valence-corrected chi connectivity index (χ2v) is 5.79. The summed E-state index contributed by atoms with van der Waals surface area (Å²) in [6.07, 6.45) is 3.21. The van der Waals surface area contributed by atoms with Crippen LogP contribution < -0.4 is 22.2 Å². The Hall–Kier alpha value is -3.30. The number of benzene rings is 1. The lowest BCUT2D eigenvalue weighted by molar-refractivity contribution is -0.548. The second-order valence-electron chi connectivity index (χ2n) is 5.79. The number of carbonyl (C=O) groups is 1. The number of hydrazine groups is 1. The fraction of sp³-hybridized carbons (Fsp3) is 0.375. The predicted molar refractivity (Wildman–Crippen MR) is 98.8 cm³/mol. The molecule has 1 atom stereocenters. The zero-order valence-electron chi connectivity index (χ0n) is 14.3. The SMILES string of the molecule is NC(N)=NCCC[C@H](N[N+](=O)[O-])C(=O)NCCc1c[nH]c2ccccc12. The number of nitro groups is 1. The Morgan fingerprint density at radius 2 is 2.12 bits per heavy atom. The van der Waals surface area contributed by atoms with Crippen molar-refractivity contribution in [3.63, 3.8) is 0 Å². The zero-order valence-corrected chi connectivity index (χ0v) is 14.3. The molecule has 0 aliphatic heterocycles. The molecule has 2 aromatic rings. The number of carbonyl (C=O) groups excluding carboxylic acids is 1. The lowest BCUT2D eigenvalue weighted by Crippen LogP contribution is -2.47. The molecule has 0 fully saturated rings. The van der Waals surface area contributed by atoms with Crippen LogP contribution in [0.5, 0.6) is 0 Å². The molecule has 0 radical (unpaired) electrons. The van der Waals surface area contributed by atoms with Crippen LogP contribution in [0, 0.1) is 10.1 Å². The molecule has 1 heterocycles. The first-order valence-electron chi connectivity index (χ1n) is 8.26. The van der Waals surface area contributed by atoms with Gasteiger partial charge in [-0.3, -0.25) is 9.79 Å². The van der Waals surface area contributed by atoms with Crippen LogP contribution >= 0.6 is 0 Å². The van der Waals surface area contributed by atoms with Gasteiger partial charge in [-0.05, 0) is 30.9 Å². The van der Waals surface area contributed by atoms with Crippen LogP contribution in [-0.4, -0.2) is 41.0 Å². The zero-order chi connectivity index (χ0) is 18.9. The fourth-order valence-corrected chi connectivity index (χ4v) is 2.67. The number of nitrogens with two attached hydrogens (primary N) is 2. The van der Waals surface area contributed by atoms with Gasteiger partial charge in [0.05, 0.1) is 0 Å². The van der Waals surface area contributed by atoms with Gasteiger partial charge in [0.25, 0.3) is 0 Å². The largest absolute Gasteiger partial charge is 0.370 e. The van der Waals surface area contributed by atoms with E-state index in [4.69, 9.17) is 11.5 Å². The number of rotatable bonds is 10. The van der Waals surface area contributed by atoms with Gasteiger partial charge in [-0.1, -0.05) is 18.2 Å². The maximum Gasteiger partial charge on any atom is 0.248 e. The highest BCUT2D eigenvalue weighted by Crippen LogP contribution is 2.17. The third kappa shape index (κ3) is 5.65. The highest BCUT2D eigenvalue weighted by atomic mass is 16.7. The van der Waals surface area contributed by atoms with Crippen molar-refractivity contribution < 1.29 is 9.83 Å². The van der Waals surface area contributed by atoms with Gasteiger partial charge in [-0.2, -0.15) is 0 Å². The van der Waals surface area contributed by atoms with Crippen molar-refractivity contribution in [1.82, 2.24) is 15.7 Å². The van der Waals surface area contributed by atoms with Crippen LogP contribution in [-0.2, 0) is 11.2 Å². The Labute approximate surface area is 150 Å². The van der Waals surface area contributed by atoms with Crippen LogP contribution in [0.25, 0.3) is 10.9 Å². The molecule has 0 aliphatic rings. The smallest absolute Gasteiger partial charge is 0.248 e. The van der Waals surface area contributed by atoms with Crippen LogP contribution in [0.2, 0.25) is 0 Å². The van der Waals surface area contributed by atoms with Crippen molar-refractivity contribution in [2.75, 3.05) is 13.1 Å². The molecule has 10 heteroatoms. The van der Waals surface area contributed by atoms with E-state index in [1.165, 1.54) is 0 Å². The minimum absolute atomic E-state index is 0.0491. The summed E-state index contributed by atoms with van der Waals surface area (Å²) in [5, 5.41) is 13.8. The van der Waals surface area contributed by atoms with Gasteiger partial charge in [-0.15, -0.1) is 5.43 Å². The number of guanidine groups is 1. The van der Waals surface area contributed by atoms with E-state index in [9.17, 15) is 14.9 Å². The quantitative estimate of drug-likeness (QED) is 0.132. The lowest BCUT2D eigenvalue weighted by atomic mass is 10.1. The number of aromatic amines is 1. The molecule has 2 rings (SSSR count). The Kier molecular flexibility index (Phi) is 6.77. The van der Waals surface area contributed by atoms with Crippen LogP contribution in [0.4, 0.5) is 0 Å². The molecule has 0 unspecified atom stereocenters. The average Bonchev–Trinajstić information content (AvgIpc) is 3.00. The monoisotopic (exact) mass is 361 g/mol. The molecule has 10 nitrogen and oxygen atoms in total. The van der Waals surface area contributed by atoms with Crippen LogP contribution in [0.15, 0.2) is 35.5 Å². The summed E-state index contributed by atoms with van der Waals surface area (Å²) in [6.45, 7) is 0.686. The van der Waals surface area contributed by atoms with Crippen molar-refractivity contribution in [3.05, 3.63) is 46.1 Å². The summed E-state index contributed by atoms with van der Waals surface area (Å²) in [5.74, 6) is -0.474. The Morgan fingerprint density at radius 1 is 1.35 bits per heavy atom. The minimum Gasteiger partial charge on any atom is -0.370 e. The molecule has 26 heavy (non-hydrogen) atoms. The van der Waals surface area contributed by atoms with Gasteiger partial charge in [0, 0.05) is 30.2 Å². The third-order valence-electron chi connectivity index (χ3n) is 3.89. The number of fused-ring (bicyclic) bond motifs is 1. The summed E-state index contributed by atoms with van der Waals surface area (Å²) in [6, 6.07) is 6.93. The van der Waals surface area contributed by atoms with Gasteiger partial charge >= 0.3 is 0 Å². The van der Waals surface area contributed by atoms with E-state index in [0.717, 1.165) is 16.5 Å². The minimum atomic E-state index is -0.942. The standard InChI is InChI=1S/C16H23N7O3/c17-16(18)20-8-3-6-14(22-23(25)26)15(24)19-9-7-11-10-21-13-5-2-1-4-12(11)13/h1-2,4-5,10,14,21-22H,3,6-9H2,(H,19,24)(H4,17,18,20)/t14-/m0/s1. The average molecular weight is 361 g/mol. The van der Waals surface area contributed by atoms with Gasteiger partial charge in [0.2, 0.25) is 5.91 Å². The van der Waals surface area contributed by atoms with Gasteiger partial charge < -0.3 is 21.8 Å². The van der Waals surface area contributed by atoms with E-state index in [1.54, 1.807) is 0 Å². The van der Waals surface area contributed by atoms with Crippen molar-refractivity contribution in [3.8, 4) is 0 Å². The molecule has 1 aromatic heterocycles. The van der Waals surface area contributed by atoms with E-state index in [0.29, 0.717) is 25.9 Å². The fourth-order valence-electron chi connectivity index (χ4n) is 2.67. The first-order valence-corrected chi connectivity index (χ1v) is 8.26. The third-order valence-corrected chi connectivity index (χ3v) is 3.89. The number of aliphatic imine (C=N–C) groups is 1. The van der Waals surface area contributed by atoms with Crippen LogP contribution in [0.1, 0.15) is 18.4 Å². The lowest BCUT2D eigenvalue weighted by Gasteiger charge is -2.13. The molecule has 140 valence electrons. The summed E-state index contributed by atoms with van der Waals surface area (Å²) < 4.78 is 0. The van der Waals surface area contributed by atoms with Gasteiger partial charge in [0.1, 0.15) is 0 Å². The molecule has 7 N–H and O–H groups in total. The number of para-hydroxylation sites is 1. The molecule has 0 aliphatic carbocycles. The highest BCUT2D eigenvalue weighted by Gasteiger charge is 2.22. The number of hydrogen-bond acceptors (Lipinski definition) is 4. The van der Waals surface area contributed by atoms with Gasteiger partial charge in [0.15, 0.2) is 17.0 Å². The molecule has 1 amide bonds.